The molecule has 0 atom stereocenters. The molecule has 1 heterocycles. The van der Waals surface area contributed by atoms with E-state index in [1.54, 1.807) is 25.3 Å². The number of nitrogens with zero attached hydrogens (tertiary/aromatic N) is 1. The monoisotopic (exact) mass is 401 g/mol. The van der Waals surface area contributed by atoms with Crippen LogP contribution in [0.4, 0.5) is 8.78 Å². The normalized spacial score (nSPS) is 11.0. The molecule has 0 radical (unpaired) electrons. The third-order valence-electron chi connectivity index (χ3n) is 2.78. The SMILES string of the molecule is CCOc1cccc(/C=N\NC(=O)c2cc(Br)c[nH]2)c1OC(F)F. The van der Waals surface area contributed by atoms with Gasteiger partial charge in [0.15, 0.2) is 11.5 Å². The fourth-order valence-electron chi connectivity index (χ4n) is 1.84. The number of halogens is 3. The van der Waals surface area contributed by atoms with E-state index in [1.807, 2.05) is 0 Å². The van der Waals surface area contributed by atoms with E-state index in [9.17, 15) is 13.6 Å². The van der Waals surface area contributed by atoms with E-state index >= 15 is 0 Å². The molecule has 0 aliphatic rings. The smallest absolute Gasteiger partial charge is 0.387 e. The molecule has 0 aliphatic carbocycles. The lowest BCUT2D eigenvalue weighted by Crippen LogP contribution is -2.18. The molecule has 128 valence electrons. The number of carbonyl (C=O) groups is 1. The molecule has 0 bridgehead atoms. The molecule has 2 rings (SSSR count). The van der Waals surface area contributed by atoms with Crippen molar-refractivity contribution in [1.82, 2.24) is 10.4 Å². The summed E-state index contributed by atoms with van der Waals surface area (Å²) in [5.74, 6) is -0.453. The van der Waals surface area contributed by atoms with Crippen molar-refractivity contribution in [2.75, 3.05) is 6.61 Å². The molecule has 0 saturated heterocycles. The predicted octanol–water partition coefficient (Wildman–Crippen LogP) is 3.54. The fourth-order valence-corrected chi connectivity index (χ4v) is 2.18. The fraction of sp³-hybridized carbons (Fsp3) is 0.200. The Kier molecular flexibility index (Phi) is 6.30. The van der Waals surface area contributed by atoms with Crippen LogP contribution in [0, 0.1) is 0 Å². The van der Waals surface area contributed by atoms with Gasteiger partial charge in [0.2, 0.25) is 0 Å². The first-order valence-corrected chi connectivity index (χ1v) is 7.68. The molecule has 0 spiro atoms. The molecule has 2 aromatic rings. The zero-order valence-corrected chi connectivity index (χ0v) is 14.1. The second kappa shape index (κ2) is 8.44. The van der Waals surface area contributed by atoms with Gasteiger partial charge in [0.05, 0.1) is 12.8 Å². The molecule has 6 nitrogen and oxygen atoms in total. The van der Waals surface area contributed by atoms with Crippen molar-refractivity contribution in [1.29, 1.82) is 0 Å². The number of aromatic amines is 1. The van der Waals surface area contributed by atoms with E-state index in [2.05, 4.69) is 36.2 Å². The number of alkyl halides is 2. The number of rotatable bonds is 7. The van der Waals surface area contributed by atoms with Gasteiger partial charge < -0.3 is 14.5 Å². The number of amides is 1. The molecule has 0 unspecified atom stereocenters. The highest BCUT2D eigenvalue weighted by Crippen LogP contribution is 2.31. The highest BCUT2D eigenvalue weighted by atomic mass is 79.9. The Bertz CT molecular complexity index is 735. The van der Waals surface area contributed by atoms with Gasteiger partial charge in [-0.15, -0.1) is 0 Å². The maximum absolute atomic E-state index is 12.6. The number of benzene rings is 1. The van der Waals surface area contributed by atoms with Gasteiger partial charge in [-0.1, -0.05) is 6.07 Å². The summed E-state index contributed by atoms with van der Waals surface area (Å²) < 4.78 is 35.7. The summed E-state index contributed by atoms with van der Waals surface area (Å²) in [5.41, 5.74) is 2.83. The topological polar surface area (TPSA) is 75.7 Å². The van der Waals surface area contributed by atoms with Crippen molar-refractivity contribution in [2.45, 2.75) is 13.5 Å². The van der Waals surface area contributed by atoms with Gasteiger partial charge in [0.1, 0.15) is 5.69 Å². The Hall–Kier alpha value is -2.42. The van der Waals surface area contributed by atoms with Gasteiger partial charge in [-0.05, 0) is 41.1 Å². The number of para-hydroxylation sites is 1. The lowest BCUT2D eigenvalue weighted by molar-refractivity contribution is -0.0515. The van der Waals surface area contributed by atoms with Gasteiger partial charge in [0.25, 0.3) is 5.91 Å². The minimum atomic E-state index is -3.01. The highest BCUT2D eigenvalue weighted by molar-refractivity contribution is 9.10. The number of H-pyrrole nitrogens is 1. The Balaban J connectivity index is 2.15. The number of hydrogen-bond acceptors (Lipinski definition) is 4. The molecular weight excluding hydrogens is 388 g/mol. The van der Waals surface area contributed by atoms with Crippen LogP contribution in [0.3, 0.4) is 0 Å². The molecular formula is C15H14BrF2N3O3. The van der Waals surface area contributed by atoms with Crippen LogP contribution in [0.25, 0.3) is 0 Å². The molecule has 1 aromatic carbocycles. The molecule has 2 N–H and O–H groups in total. The second-order valence-corrected chi connectivity index (χ2v) is 5.33. The number of carbonyl (C=O) groups excluding carboxylic acids is 1. The molecule has 1 aromatic heterocycles. The summed E-state index contributed by atoms with van der Waals surface area (Å²) in [5, 5.41) is 3.76. The first-order valence-electron chi connectivity index (χ1n) is 6.89. The second-order valence-electron chi connectivity index (χ2n) is 4.42. The zero-order valence-electron chi connectivity index (χ0n) is 12.6. The van der Waals surface area contributed by atoms with Crippen molar-refractivity contribution in [3.8, 4) is 11.5 Å². The van der Waals surface area contributed by atoms with Crippen LogP contribution < -0.4 is 14.9 Å². The van der Waals surface area contributed by atoms with Crippen LogP contribution in [0.5, 0.6) is 11.5 Å². The molecule has 24 heavy (non-hydrogen) atoms. The van der Waals surface area contributed by atoms with Crippen LogP contribution in [0.2, 0.25) is 0 Å². The summed E-state index contributed by atoms with van der Waals surface area (Å²) in [4.78, 5) is 14.6. The van der Waals surface area contributed by atoms with Crippen molar-refractivity contribution >= 4 is 28.1 Å². The Morgan fingerprint density at radius 2 is 2.29 bits per heavy atom. The summed E-state index contributed by atoms with van der Waals surface area (Å²) in [6.45, 7) is -0.995. The van der Waals surface area contributed by atoms with Crippen LogP contribution in [-0.2, 0) is 0 Å². The van der Waals surface area contributed by atoms with Crippen molar-refractivity contribution < 1.29 is 23.0 Å². The van der Waals surface area contributed by atoms with Crippen LogP contribution in [-0.4, -0.2) is 30.3 Å². The van der Waals surface area contributed by atoms with Gasteiger partial charge in [-0.2, -0.15) is 13.9 Å². The summed E-state index contributed by atoms with van der Waals surface area (Å²) >= 11 is 3.21. The van der Waals surface area contributed by atoms with Gasteiger partial charge in [-0.25, -0.2) is 5.43 Å². The lowest BCUT2D eigenvalue weighted by atomic mass is 10.2. The average molecular weight is 402 g/mol. The number of hydrogen-bond donors (Lipinski definition) is 2. The molecule has 0 fully saturated rings. The van der Waals surface area contributed by atoms with Gasteiger partial charge in [0, 0.05) is 16.2 Å². The van der Waals surface area contributed by atoms with E-state index < -0.39 is 12.5 Å². The average Bonchev–Trinajstić information content (AvgIpc) is 2.96. The predicted molar refractivity (Wildman–Crippen MR) is 87.8 cm³/mol. The van der Waals surface area contributed by atoms with Crippen LogP contribution in [0.15, 0.2) is 40.0 Å². The first-order chi connectivity index (χ1) is 11.5. The van der Waals surface area contributed by atoms with E-state index in [4.69, 9.17) is 4.74 Å². The standard InChI is InChI=1S/C15H14BrF2N3O3/c1-2-23-12-5-3-4-9(13(12)24-15(17)18)7-20-21-14(22)11-6-10(16)8-19-11/h3-8,15,19H,2H2,1H3,(H,21,22)/b20-7-. The zero-order chi connectivity index (χ0) is 17.5. The summed E-state index contributed by atoms with van der Waals surface area (Å²) in [6.07, 6.45) is 2.80. The largest absolute Gasteiger partial charge is 0.490 e. The van der Waals surface area contributed by atoms with Gasteiger partial charge in [-0.3, -0.25) is 4.79 Å². The minimum Gasteiger partial charge on any atom is -0.490 e. The number of nitrogens with one attached hydrogen (secondary N) is 2. The maximum atomic E-state index is 12.6. The highest BCUT2D eigenvalue weighted by Gasteiger charge is 2.15. The van der Waals surface area contributed by atoms with E-state index in [1.165, 1.54) is 18.3 Å². The Morgan fingerprint density at radius 3 is 2.92 bits per heavy atom. The minimum absolute atomic E-state index is 0.144. The third-order valence-corrected chi connectivity index (χ3v) is 3.24. The number of ether oxygens (including phenoxy) is 2. The Morgan fingerprint density at radius 1 is 1.50 bits per heavy atom. The van der Waals surface area contributed by atoms with Crippen LogP contribution in [0.1, 0.15) is 23.0 Å². The molecule has 9 heteroatoms. The van der Waals surface area contributed by atoms with E-state index in [-0.39, 0.29) is 17.1 Å². The Labute approximate surface area is 145 Å². The summed E-state index contributed by atoms with van der Waals surface area (Å²) in [7, 11) is 0. The van der Waals surface area contributed by atoms with E-state index in [0.29, 0.717) is 16.8 Å². The van der Waals surface area contributed by atoms with Crippen molar-refractivity contribution in [3.05, 3.63) is 46.2 Å². The number of hydrazone groups is 1. The maximum Gasteiger partial charge on any atom is 0.387 e. The van der Waals surface area contributed by atoms with Crippen molar-refractivity contribution in [2.24, 2.45) is 5.10 Å². The molecule has 0 saturated carbocycles. The summed E-state index contributed by atoms with van der Waals surface area (Å²) in [6, 6.07) is 6.20. The van der Waals surface area contributed by atoms with E-state index in [0.717, 1.165) is 0 Å². The molecule has 1 amide bonds. The van der Waals surface area contributed by atoms with Crippen molar-refractivity contribution in [3.63, 3.8) is 0 Å². The quantitative estimate of drug-likeness (QED) is 0.550. The first kappa shape index (κ1) is 17.9. The van der Waals surface area contributed by atoms with Crippen LogP contribution >= 0.6 is 15.9 Å². The lowest BCUT2D eigenvalue weighted by Gasteiger charge is -2.13. The number of aromatic nitrogens is 1. The van der Waals surface area contributed by atoms with Gasteiger partial charge >= 0.3 is 6.61 Å². The molecule has 0 aliphatic heterocycles. The third kappa shape index (κ3) is 4.79.